The van der Waals surface area contributed by atoms with Gasteiger partial charge in [0.2, 0.25) is 0 Å². The molecule has 0 saturated carbocycles. The lowest BCUT2D eigenvalue weighted by Crippen LogP contribution is -2.25. The predicted molar refractivity (Wildman–Crippen MR) is 84.9 cm³/mol. The van der Waals surface area contributed by atoms with Gasteiger partial charge in [-0.25, -0.2) is 0 Å². The van der Waals surface area contributed by atoms with Crippen LogP contribution in [0.3, 0.4) is 0 Å². The monoisotopic (exact) mass is 266 g/mol. The molecule has 0 amide bonds. The van der Waals surface area contributed by atoms with Crippen LogP contribution < -0.4 is 5.32 Å². The van der Waals surface area contributed by atoms with Crippen LogP contribution in [0.1, 0.15) is 23.6 Å². The average Bonchev–Trinajstić information content (AvgIpc) is 2.78. The van der Waals surface area contributed by atoms with Gasteiger partial charge in [-0.1, -0.05) is 48.5 Å². The van der Waals surface area contributed by atoms with Crippen molar-refractivity contribution < 1.29 is 0 Å². The maximum absolute atomic E-state index is 3.72. The van der Waals surface area contributed by atoms with Gasteiger partial charge in [-0.3, -0.25) is 0 Å². The Bertz CT molecular complexity index is 544. The highest BCUT2D eigenvalue weighted by Gasteiger charge is 2.26. The summed E-state index contributed by atoms with van der Waals surface area (Å²) in [5.74, 6) is 0. The second kappa shape index (κ2) is 5.78. The average molecular weight is 266 g/mol. The van der Waals surface area contributed by atoms with Crippen molar-refractivity contribution in [1.29, 1.82) is 0 Å². The smallest absolute Gasteiger partial charge is 0.0588 e. The van der Waals surface area contributed by atoms with E-state index in [9.17, 15) is 0 Å². The Morgan fingerprint density at radius 2 is 1.45 bits per heavy atom. The van der Waals surface area contributed by atoms with Gasteiger partial charge in [0.05, 0.1) is 6.04 Å². The lowest BCUT2D eigenvalue weighted by Gasteiger charge is -2.17. The minimum Gasteiger partial charge on any atom is -0.309 e. The molecule has 0 bridgehead atoms. The van der Waals surface area contributed by atoms with Crippen LogP contribution in [-0.4, -0.2) is 32.1 Å². The SMILES string of the molecule is CN(C)CCCNC1c2ccccc2-c2ccccc21. The lowest BCUT2D eigenvalue weighted by molar-refractivity contribution is 0.391. The van der Waals surface area contributed by atoms with Crippen LogP contribution in [0.5, 0.6) is 0 Å². The second-order valence-electron chi connectivity index (χ2n) is 5.72. The third kappa shape index (κ3) is 2.49. The molecule has 0 spiro atoms. The number of nitrogens with zero attached hydrogens (tertiary/aromatic N) is 1. The molecule has 0 heterocycles. The third-order valence-electron chi connectivity index (χ3n) is 3.96. The van der Waals surface area contributed by atoms with Gasteiger partial charge in [-0.05, 0) is 55.9 Å². The molecular weight excluding hydrogens is 244 g/mol. The molecule has 0 atom stereocenters. The molecule has 2 nitrogen and oxygen atoms in total. The molecule has 2 aromatic carbocycles. The van der Waals surface area contributed by atoms with E-state index in [2.05, 4.69) is 72.8 Å². The van der Waals surface area contributed by atoms with E-state index in [1.165, 1.54) is 28.7 Å². The molecule has 2 aromatic rings. The van der Waals surface area contributed by atoms with Crippen molar-refractivity contribution >= 4 is 0 Å². The number of benzene rings is 2. The highest BCUT2D eigenvalue weighted by Crippen LogP contribution is 2.42. The molecule has 3 rings (SSSR count). The maximum atomic E-state index is 3.72. The van der Waals surface area contributed by atoms with E-state index < -0.39 is 0 Å². The van der Waals surface area contributed by atoms with Crippen molar-refractivity contribution in [1.82, 2.24) is 10.2 Å². The van der Waals surface area contributed by atoms with Crippen LogP contribution in [0.4, 0.5) is 0 Å². The number of hydrogen-bond acceptors (Lipinski definition) is 2. The van der Waals surface area contributed by atoms with Crippen LogP contribution in [0.15, 0.2) is 48.5 Å². The Kier molecular flexibility index (Phi) is 3.86. The fourth-order valence-corrected chi connectivity index (χ4v) is 3.02. The standard InChI is InChI=1S/C18H22N2/c1-20(2)13-7-12-19-18-16-10-5-3-8-14(16)15-9-4-6-11-17(15)18/h3-6,8-11,18-19H,7,12-13H2,1-2H3. The summed E-state index contributed by atoms with van der Waals surface area (Å²) in [6.07, 6.45) is 1.17. The molecule has 0 unspecified atom stereocenters. The summed E-state index contributed by atoms with van der Waals surface area (Å²) in [6.45, 7) is 2.18. The van der Waals surface area contributed by atoms with Crippen LogP contribution >= 0.6 is 0 Å². The summed E-state index contributed by atoms with van der Waals surface area (Å²) in [6, 6.07) is 17.8. The van der Waals surface area contributed by atoms with E-state index in [-0.39, 0.29) is 0 Å². The number of fused-ring (bicyclic) bond motifs is 3. The highest BCUT2D eigenvalue weighted by atomic mass is 15.1. The first-order chi connectivity index (χ1) is 9.77. The number of nitrogens with one attached hydrogen (secondary N) is 1. The van der Waals surface area contributed by atoms with E-state index >= 15 is 0 Å². The summed E-state index contributed by atoms with van der Waals surface area (Å²) in [4.78, 5) is 2.23. The van der Waals surface area contributed by atoms with Crippen LogP contribution in [0.2, 0.25) is 0 Å². The molecule has 1 N–H and O–H groups in total. The van der Waals surface area contributed by atoms with Crippen molar-refractivity contribution in [2.45, 2.75) is 12.5 Å². The summed E-state index contributed by atoms with van der Waals surface area (Å²) in [5, 5.41) is 3.72. The number of rotatable bonds is 5. The van der Waals surface area contributed by atoms with Gasteiger partial charge in [0.1, 0.15) is 0 Å². The molecule has 1 aliphatic rings. The van der Waals surface area contributed by atoms with E-state index in [4.69, 9.17) is 0 Å². The zero-order valence-corrected chi connectivity index (χ0v) is 12.3. The molecule has 20 heavy (non-hydrogen) atoms. The zero-order chi connectivity index (χ0) is 13.9. The fraction of sp³-hybridized carbons (Fsp3) is 0.333. The molecule has 0 aromatic heterocycles. The van der Waals surface area contributed by atoms with Crippen molar-refractivity contribution in [3.63, 3.8) is 0 Å². The van der Waals surface area contributed by atoms with Crippen molar-refractivity contribution in [2.75, 3.05) is 27.2 Å². The summed E-state index contributed by atoms with van der Waals surface area (Å²) >= 11 is 0. The molecular formula is C18H22N2. The van der Waals surface area contributed by atoms with Crippen molar-refractivity contribution in [3.05, 3.63) is 59.7 Å². The molecule has 0 saturated heterocycles. The van der Waals surface area contributed by atoms with E-state index in [0.717, 1.165) is 13.1 Å². The summed E-state index contributed by atoms with van der Waals surface area (Å²) in [5.41, 5.74) is 5.60. The number of hydrogen-bond donors (Lipinski definition) is 1. The van der Waals surface area contributed by atoms with Crippen LogP contribution in [0, 0.1) is 0 Å². The van der Waals surface area contributed by atoms with E-state index in [1.807, 2.05) is 0 Å². The molecule has 2 heteroatoms. The lowest BCUT2D eigenvalue weighted by atomic mass is 10.1. The molecule has 0 aliphatic heterocycles. The van der Waals surface area contributed by atoms with E-state index in [0.29, 0.717) is 6.04 Å². The Labute approximate surface area is 121 Å². The fourth-order valence-electron chi connectivity index (χ4n) is 3.02. The molecule has 104 valence electrons. The Hall–Kier alpha value is -1.64. The largest absolute Gasteiger partial charge is 0.309 e. The highest BCUT2D eigenvalue weighted by molar-refractivity contribution is 5.78. The first kappa shape index (κ1) is 13.3. The van der Waals surface area contributed by atoms with Crippen LogP contribution in [-0.2, 0) is 0 Å². The minimum absolute atomic E-state index is 0.351. The maximum Gasteiger partial charge on any atom is 0.0588 e. The van der Waals surface area contributed by atoms with Gasteiger partial charge in [0.15, 0.2) is 0 Å². The van der Waals surface area contributed by atoms with Crippen molar-refractivity contribution in [2.24, 2.45) is 0 Å². The van der Waals surface area contributed by atoms with Gasteiger partial charge in [0, 0.05) is 0 Å². The molecule has 1 aliphatic carbocycles. The van der Waals surface area contributed by atoms with Gasteiger partial charge in [-0.15, -0.1) is 0 Å². The third-order valence-corrected chi connectivity index (χ3v) is 3.96. The van der Waals surface area contributed by atoms with Gasteiger partial charge >= 0.3 is 0 Å². The first-order valence-electron chi connectivity index (χ1n) is 7.33. The summed E-state index contributed by atoms with van der Waals surface area (Å²) in [7, 11) is 4.25. The van der Waals surface area contributed by atoms with Crippen molar-refractivity contribution in [3.8, 4) is 11.1 Å². The van der Waals surface area contributed by atoms with Gasteiger partial charge in [-0.2, -0.15) is 0 Å². The zero-order valence-electron chi connectivity index (χ0n) is 12.3. The predicted octanol–water partition coefficient (Wildman–Crippen LogP) is 3.30. The normalized spacial score (nSPS) is 13.6. The molecule has 0 radical (unpaired) electrons. The van der Waals surface area contributed by atoms with Crippen LogP contribution in [0.25, 0.3) is 11.1 Å². The van der Waals surface area contributed by atoms with E-state index in [1.54, 1.807) is 0 Å². The summed E-state index contributed by atoms with van der Waals surface area (Å²) < 4.78 is 0. The van der Waals surface area contributed by atoms with Gasteiger partial charge < -0.3 is 10.2 Å². The Morgan fingerprint density at radius 1 is 0.900 bits per heavy atom. The van der Waals surface area contributed by atoms with Gasteiger partial charge in [0.25, 0.3) is 0 Å². The Balaban J connectivity index is 1.80. The minimum atomic E-state index is 0.351. The second-order valence-corrected chi connectivity index (χ2v) is 5.72. The molecule has 0 fully saturated rings. The first-order valence-corrected chi connectivity index (χ1v) is 7.33. The topological polar surface area (TPSA) is 15.3 Å². The Morgan fingerprint density at radius 3 is 2.00 bits per heavy atom. The quantitative estimate of drug-likeness (QED) is 0.835.